The maximum atomic E-state index is 12.8. The molecule has 0 unspecified atom stereocenters. The molecule has 0 bridgehead atoms. The SMILES string of the molecule is COc1ccc(NC(=O)c2ccccc2NC=C2C(=O)OC(C)(C)OC2=O)cc1OC. The van der Waals surface area contributed by atoms with E-state index in [1.165, 1.54) is 28.1 Å². The summed E-state index contributed by atoms with van der Waals surface area (Å²) in [6.45, 7) is 2.92. The fourth-order valence-electron chi connectivity index (χ4n) is 2.85. The highest BCUT2D eigenvalue weighted by Gasteiger charge is 2.39. The van der Waals surface area contributed by atoms with Gasteiger partial charge in [-0.2, -0.15) is 0 Å². The van der Waals surface area contributed by atoms with Gasteiger partial charge in [0.2, 0.25) is 0 Å². The lowest BCUT2D eigenvalue weighted by Crippen LogP contribution is -2.42. The Labute approximate surface area is 178 Å². The first-order chi connectivity index (χ1) is 14.7. The number of para-hydroxylation sites is 1. The van der Waals surface area contributed by atoms with Crippen molar-refractivity contribution < 1.29 is 33.3 Å². The van der Waals surface area contributed by atoms with Crippen molar-refractivity contribution in [3.05, 3.63) is 59.8 Å². The zero-order valence-corrected chi connectivity index (χ0v) is 17.5. The van der Waals surface area contributed by atoms with Crippen molar-refractivity contribution in [3.63, 3.8) is 0 Å². The minimum atomic E-state index is -1.33. The summed E-state index contributed by atoms with van der Waals surface area (Å²) < 4.78 is 20.5. The molecule has 3 rings (SSSR count). The van der Waals surface area contributed by atoms with Gasteiger partial charge in [0.1, 0.15) is 0 Å². The number of benzene rings is 2. The highest BCUT2D eigenvalue weighted by molar-refractivity contribution is 6.15. The molecule has 2 aromatic rings. The number of rotatable bonds is 6. The number of ether oxygens (including phenoxy) is 4. The molecule has 0 radical (unpaired) electrons. The summed E-state index contributed by atoms with van der Waals surface area (Å²) in [5.74, 6) is -2.38. The summed E-state index contributed by atoms with van der Waals surface area (Å²) >= 11 is 0. The first kappa shape index (κ1) is 21.7. The lowest BCUT2D eigenvalue weighted by atomic mass is 10.1. The predicted molar refractivity (Wildman–Crippen MR) is 112 cm³/mol. The molecule has 1 aliphatic rings. The maximum absolute atomic E-state index is 12.8. The summed E-state index contributed by atoms with van der Waals surface area (Å²) in [5.41, 5.74) is 0.845. The Morgan fingerprint density at radius 3 is 2.26 bits per heavy atom. The van der Waals surface area contributed by atoms with Gasteiger partial charge in [-0.25, -0.2) is 9.59 Å². The molecule has 9 heteroatoms. The third-order valence-corrected chi connectivity index (χ3v) is 4.30. The van der Waals surface area contributed by atoms with Crippen LogP contribution >= 0.6 is 0 Å². The molecule has 0 atom stereocenters. The van der Waals surface area contributed by atoms with Gasteiger partial charge in [0.15, 0.2) is 17.1 Å². The van der Waals surface area contributed by atoms with E-state index in [9.17, 15) is 14.4 Å². The Hall–Kier alpha value is -4.01. The maximum Gasteiger partial charge on any atom is 0.350 e. The molecule has 2 aromatic carbocycles. The average Bonchev–Trinajstić information content (AvgIpc) is 2.72. The van der Waals surface area contributed by atoms with Crippen LogP contribution in [0, 0.1) is 0 Å². The topological polar surface area (TPSA) is 112 Å². The minimum absolute atomic E-state index is 0.284. The fourth-order valence-corrected chi connectivity index (χ4v) is 2.85. The van der Waals surface area contributed by atoms with Crippen molar-refractivity contribution in [3.8, 4) is 11.5 Å². The van der Waals surface area contributed by atoms with Crippen LogP contribution in [-0.4, -0.2) is 37.9 Å². The van der Waals surface area contributed by atoms with Gasteiger partial charge < -0.3 is 29.6 Å². The Kier molecular flexibility index (Phi) is 6.15. The molecule has 162 valence electrons. The van der Waals surface area contributed by atoms with Gasteiger partial charge in [-0.05, 0) is 24.3 Å². The molecule has 1 amide bonds. The summed E-state index contributed by atoms with van der Waals surface area (Å²) in [5, 5.41) is 5.58. The molecule has 0 aromatic heterocycles. The number of anilines is 2. The summed E-state index contributed by atoms with van der Waals surface area (Å²) in [4.78, 5) is 37.0. The second-order valence-electron chi connectivity index (χ2n) is 6.95. The number of methoxy groups -OCH3 is 2. The lowest BCUT2D eigenvalue weighted by molar-refractivity contribution is -0.222. The zero-order valence-electron chi connectivity index (χ0n) is 17.5. The van der Waals surface area contributed by atoms with Crippen LogP contribution in [0.15, 0.2) is 54.2 Å². The number of hydrogen-bond donors (Lipinski definition) is 2. The number of amides is 1. The van der Waals surface area contributed by atoms with E-state index < -0.39 is 23.6 Å². The van der Waals surface area contributed by atoms with Gasteiger partial charge >= 0.3 is 11.9 Å². The molecule has 1 saturated heterocycles. The largest absolute Gasteiger partial charge is 0.493 e. The lowest BCUT2D eigenvalue weighted by Gasteiger charge is -2.29. The zero-order chi connectivity index (χ0) is 22.6. The molecular weight excluding hydrogens is 404 g/mol. The van der Waals surface area contributed by atoms with E-state index in [2.05, 4.69) is 10.6 Å². The smallest absolute Gasteiger partial charge is 0.350 e. The predicted octanol–water partition coefficient (Wildman–Crippen LogP) is 3.09. The molecule has 1 heterocycles. The van der Waals surface area contributed by atoms with Crippen molar-refractivity contribution in [2.45, 2.75) is 19.6 Å². The Morgan fingerprint density at radius 1 is 0.968 bits per heavy atom. The van der Waals surface area contributed by atoms with E-state index in [1.54, 1.807) is 42.5 Å². The monoisotopic (exact) mass is 426 g/mol. The van der Waals surface area contributed by atoms with Crippen LogP contribution < -0.4 is 20.1 Å². The summed E-state index contributed by atoms with van der Waals surface area (Å²) in [7, 11) is 3.02. The number of hydrogen-bond acceptors (Lipinski definition) is 8. The molecule has 1 fully saturated rings. The van der Waals surface area contributed by atoms with Crippen LogP contribution in [0.2, 0.25) is 0 Å². The quantitative estimate of drug-likeness (QED) is 0.412. The number of carbonyl (C=O) groups is 3. The van der Waals surface area contributed by atoms with Crippen molar-refractivity contribution in [1.82, 2.24) is 0 Å². The molecule has 0 aliphatic carbocycles. The van der Waals surface area contributed by atoms with E-state index in [0.29, 0.717) is 22.9 Å². The van der Waals surface area contributed by atoms with Crippen LogP contribution in [0.5, 0.6) is 11.5 Å². The fraction of sp³-hybridized carbons (Fsp3) is 0.227. The number of cyclic esters (lactones) is 2. The standard InChI is InChI=1S/C22H22N2O7/c1-22(2)30-20(26)15(21(27)31-22)12-23-16-8-6-5-7-14(16)19(25)24-13-9-10-17(28-3)18(11-13)29-4/h5-12,23H,1-4H3,(H,24,25). The minimum Gasteiger partial charge on any atom is -0.493 e. The summed E-state index contributed by atoms with van der Waals surface area (Å²) in [6.07, 6.45) is 1.16. The Morgan fingerprint density at radius 2 is 1.61 bits per heavy atom. The molecular formula is C22H22N2O7. The third-order valence-electron chi connectivity index (χ3n) is 4.30. The van der Waals surface area contributed by atoms with Crippen molar-refractivity contribution in [2.75, 3.05) is 24.9 Å². The van der Waals surface area contributed by atoms with Gasteiger partial charge in [-0.15, -0.1) is 0 Å². The number of carbonyl (C=O) groups excluding carboxylic acids is 3. The van der Waals surface area contributed by atoms with Crippen LogP contribution in [0.25, 0.3) is 0 Å². The molecule has 1 aliphatic heterocycles. The van der Waals surface area contributed by atoms with Crippen molar-refractivity contribution >= 4 is 29.2 Å². The molecule has 0 spiro atoms. The van der Waals surface area contributed by atoms with Gasteiger partial charge in [0.05, 0.1) is 25.5 Å². The van der Waals surface area contributed by atoms with Crippen LogP contribution in [0.1, 0.15) is 24.2 Å². The first-order valence-electron chi connectivity index (χ1n) is 9.30. The van der Waals surface area contributed by atoms with Gasteiger partial charge in [0.25, 0.3) is 11.7 Å². The molecule has 0 saturated carbocycles. The Bertz CT molecular complexity index is 1040. The first-order valence-corrected chi connectivity index (χ1v) is 9.30. The van der Waals surface area contributed by atoms with E-state index >= 15 is 0 Å². The Balaban J connectivity index is 1.80. The number of esters is 2. The van der Waals surface area contributed by atoms with Crippen molar-refractivity contribution in [1.29, 1.82) is 0 Å². The highest BCUT2D eigenvalue weighted by atomic mass is 16.7. The van der Waals surface area contributed by atoms with Crippen molar-refractivity contribution in [2.24, 2.45) is 0 Å². The average molecular weight is 426 g/mol. The van der Waals surface area contributed by atoms with Gasteiger partial charge in [0, 0.05) is 31.8 Å². The number of nitrogens with one attached hydrogen (secondary N) is 2. The van der Waals surface area contributed by atoms with E-state index in [-0.39, 0.29) is 11.1 Å². The van der Waals surface area contributed by atoms with Gasteiger partial charge in [-0.1, -0.05) is 12.1 Å². The third kappa shape index (κ3) is 4.95. The molecule has 9 nitrogen and oxygen atoms in total. The van der Waals surface area contributed by atoms with E-state index in [1.807, 2.05) is 0 Å². The van der Waals surface area contributed by atoms with Gasteiger partial charge in [-0.3, -0.25) is 4.79 Å². The van der Waals surface area contributed by atoms with E-state index in [4.69, 9.17) is 18.9 Å². The second kappa shape index (κ2) is 8.78. The highest BCUT2D eigenvalue weighted by Crippen LogP contribution is 2.30. The second-order valence-corrected chi connectivity index (χ2v) is 6.95. The normalized spacial score (nSPS) is 14.8. The van der Waals surface area contributed by atoms with Crippen LogP contribution in [-0.2, 0) is 19.1 Å². The van der Waals surface area contributed by atoms with Crippen LogP contribution in [0.3, 0.4) is 0 Å². The molecule has 31 heavy (non-hydrogen) atoms. The van der Waals surface area contributed by atoms with E-state index in [0.717, 1.165) is 6.20 Å². The summed E-state index contributed by atoms with van der Waals surface area (Å²) in [6, 6.07) is 11.6. The van der Waals surface area contributed by atoms with Crippen LogP contribution in [0.4, 0.5) is 11.4 Å². The molecule has 2 N–H and O–H groups in total.